The van der Waals surface area contributed by atoms with E-state index in [0.29, 0.717) is 0 Å². The van der Waals surface area contributed by atoms with Gasteiger partial charge in [0.15, 0.2) is 0 Å². The molecule has 3 rings (SSSR count). The standard InChI is InChI=1S/C26H31NO6/c1-25(2,3)33-22(28)14-9-15-26(4,23(29)30)27-24(31)32-16-21-19-12-7-5-10-17(19)18-11-6-8-13-20(18)21/h5-8,10-13,21H,9,14-16H2,1-4H3,(H,27,31)(H,29,30)/t26-/m0/s1. The van der Waals surface area contributed by atoms with Gasteiger partial charge in [0.25, 0.3) is 0 Å². The molecule has 0 spiro atoms. The van der Waals surface area contributed by atoms with Crippen molar-refractivity contribution >= 4 is 18.0 Å². The predicted molar refractivity (Wildman–Crippen MR) is 124 cm³/mol. The fourth-order valence-electron chi connectivity index (χ4n) is 4.06. The maximum atomic E-state index is 12.5. The third-order valence-electron chi connectivity index (χ3n) is 5.67. The molecule has 33 heavy (non-hydrogen) atoms. The molecule has 0 unspecified atom stereocenters. The quantitative estimate of drug-likeness (QED) is 0.553. The lowest BCUT2D eigenvalue weighted by Gasteiger charge is -2.26. The van der Waals surface area contributed by atoms with Crippen LogP contribution in [0.1, 0.15) is 64.0 Å². The third-order valence-corrected chi connectivity index (χ3v) is 5.67. The zero-order valence-corrected chi connectivity index (χ0v) is 19.5. The monoisotopic (exact) mass is 453 g/mol. The largest absolute Gasteiger partial charge is 0.480 e. The molecule has 0 heterocycles. The van der Waals surface area contributed by atoms with Gasteiger partial charge < -0.3 is 19.9 Å². The van der Waals surface area contributed by atoms with Crippen LogP contribution in [-0.4, -0.2) is 40.9 Å². The number of carboxylic acid groups (broad SMARTS) is 1. The van der Waals surface area contributed by atoms with Gasteiger partial charge in [0.05, 0.1) is 0 Å². The fraction of sp³-hybridized carbons (Fsp3) is 0.423. The number of carbonyl (C=O) groups is 3. The van der Waals surface area contributed by atoms with Crippen molar-refractivity contribution in [2.24, 2.45) is 0 Å². The number of fused-ring (bicyclic) bond motifs is 3. The van der Waals surface area contributed by atoms with E-state index >= 15 is 0 Å². The first-order valence-corrected chi connectivity index (χ1v) is 11.1. The van der Waals surface area contributed by atoms with Crippen molar-refractivity contribution in [1.82, 2.24) is 5.32 Å². The lowest BCUT2D eigenvalue weighted by molar-refractivity contribution is -0.155. The first-order valence-electron chi connectivity index (χ1n) is 11.1. The van der Waals surface area contributed by atoms with Crippen molar-refractivity contribution in [3.8, 4) is 11.1 Å². The topological polar surface area (TPSA) is 102 Å². The van der Waals surface area contributed by atoms with Gasteiger partial charge in [0.1, 0.15) is 17.7 Å². The molecule has 2 N–H and O–H groups in total. The number of hydrogen-bond acceptors (Lipinski definition) is 5. The number of ether oxygens (including phenoxy) is 2. The van der Waals surface area contributed by atoms with Crippen molar-refractivity contribution in [1.29, 1.82) is 0 Å². The van der Waals surface area contributed by atoms with Gasteiger partial charge in [-0.25, -0.2) is 9.59 Å². The Balaban J connectivity index is 1.59. The second-order valence-corrected chi connectivity index (χ2v) is 9.53. The number of carbonyl (C=O) groups excluding carboxylic acids is 2. The van der Waals surface area contributed by atoms with E-state index < -0.39 is 29.2 Å². The Labute approximate surface area is 194 Å². The molecule has 2 aromatic rings. The molecule has 176 valence electrons. The summed E-state index contributed by atoms with van der Waals surface area (Å²) < 4.78 is 10.7. The molecule has 1 amide bonds. The highest BCUT2D eigenvalue weighted by Crippen LogP contribution is 2.44. The van der Waals surface area contributed by atoms with E-state index in [1.807, 2.05) is 48.5 Å². The van der Waals surface area contributed by atoms with Crippen molar-refractivity contribution in [2.45, 2.75) is 64.0 Å². The van der Waals surface area contributed by atoms with Crippen LogP contribution in [0.5, 0.6) is 0 Å². The highest BCUT2D eigenvalue weighted by molar-refractivity contribution is 5.84. The summed E-state index contributed by atoms with van der Waals surface area (Å²) in [4.78, 5) is 36.3. The van der Waals surface area contributed by atoms with E-state index in [2.05, 4.69) is 5.32 Å². The molecule has 0 saturated heterocycles. The van der Waals surface area contributed by atoms with E-state index in [1.165, 1.54) is 6.92 Å². The number of rotatable bonds is 8. The van der Waals surface area contributed by atoms with Gasteiger partial charge in [-0.3, -0.25) is 4.79 Å². The molecule has 0 fully saturated rings. The van der Waals surface area contributed by atoms with Crippen molar-refractivity contribution in [3.05, 3.63) is 59.7 Å². The van der Waals surface area contributed by atoms with Crippen LogP contribution in [0.4, 0.5) is 4.79 Å². The fourth-order valence-corrected chi connectivity index (χ4v) is 4.06. The van der Waals surface area contributed by atoms with Gasteiger partial charge in [-0.15, -0.1) is 0 Å². The van der Waals surface area contributed by atoms with E-state index in [-0.39, 0.29) is 31.8 Å². The smallest absolute Gasteiger partial charge is 0.408 e. The third kappa shape index (κ3) is 5.92. The van der Waals surface area contributed by atoms with Crippen molar-refractivity contribution in [2.75, 3.05) is 6.61 Å². The molecule has 2 aromatic carbocycles. The molecule has 0 saturated carbocycles. The predicted octanol–water partition coefficient (Wildman–Crippen LogP) is 4.88. The number of alkyl carbamates (subject to hydrolysis) is 1. The zero-order valence-electron chi connectivity index (χ0n) is 19.5. The van der Waals surface area contributed by atoms with Crippen LogP contribution < -0.4 is 5.32 Å². The number of hydrogen-bond donors (Lipinski definition) is 2. The maximum Gasteiger partial charge on any atom is 0.408 e. The number of amides is 1. The van der Waals surface area contributed by atoms with E-state index in [4.69, 9.17) is 9.47 Å². The SMILES string of the molecule is CC(C)(C)OC(=O)CCC[C@](C)(NC(=O)OCC1c2ccccc2-c2ccccc21)C(=O)O. The van der Waals surface area contributed by atoms with E-state index in [1.54, 1.807) is 20.8 Å². The minimum absolute atomic E-state index is 0.0613. The first-order chi connectivity index (χ1) is 15.5. The lowest BCUT2D eigenvalue weighted by atomic mass is 9.95. The van der Waals surface area contributed by atoms with Gasteiger partial charge in [-0.1, -0.05) is 48.5 Å². The summed E-state index contributed by atoms with van der Waals surface area (Å²) in [6.07, 6.45) is -0.432. The number of esters is 1. The molecular formula is C26H31NO6. The Kier molecular flexibility index (Phi) is 7.10. The molecule has 0 radical (unpaired) electrons. The second-order valence-electron chi connectivity index (χ2n) is 9.53. The van der Waals surface area contributed by atoms with Crippen LogP contribution >= 0.6 is 0 Å². The van der Waals surface area contributed by atoms with Gasteiger partial charge in [-0.05, 0) is 62.8 Å². The Morgan fingerprint density at radius 3 is 2.00 bits per heavy atom. The van der Waals surface area contributed by atoms with Crippen molar-refractivity contribution in [3.63, 3.8) is 0 Å². The zero-order chi connectivity index (χ0) is 24.2. The Morgan fingerprint density at radius 1 is 0.939 bits per heavy atom. The highest BCUT2D eigenvalue weighted by atomic mass is 16.6. The van der Waals surface area contributed by atoms with Crippen LogP contribution in [0.15, 0.2) is 48.5 Å². The minimum Gasteiger partial charge on any atom is -0.480 e. The Hall–Kier alpha value is -3.35. The van der Waals surface area contributed by atoms with Crippen molar-refractivity contribution < 1.29 is 29.0 Å². The van der Waals surface area contributed by atoms with Crippen LogP contribution in [0, 0.1) is 0 Å². The normalized spacial score (nSPS) is 14.5. The first kappa shape index (κ1) is 24.3. The summed E-state index contributed by atoms with van der Waals surface area (Å²) >= 11 is 0. The minimum atomic E-state index is -1.56. The molecule has 7 heteroatoms. The summed E-state index contributed by atoms with van der Waals surface area (Å²) in [7, 11) is 0. The molecule has 1 aliphatic rings. The lowest BCUT2D eigenvalue weighted by Crippen LogP contribution is -2.52. The summed E-state index contributed by atoms with van der Waals surface area (Å²) in [5, 5.41) is 12.2. The molecule has 0 aliphatic heterocycles. The molecule has 0 bridgehead atoms. The van der Waals surface area contributed by atoms with Gasteiger partial charge in [-0.2, -0.15) is 0 Å². The van der Waals surface area contributed by atoms with Crippen LogP contribution in [-0.2, 0) is 19.1 Å². The summed E-state index contributed by atoms with van der Waals surface area (Å²) in [5.74, 6) is -1.72. The molecule has 7 nitrogen and oxygen atoms in total. The van der Waals surface area contributed by atoms with Gasteiger partial charge in [0, 0.05) is 12.3 Å². The van der Waals surface area contributed by atoms with Gasteiger partial charge in [0.2, 0.25) is 0 Å². The molecule has 1 atom stereocenters. The summed E-state index contributed by atoms with van der Waals surface area (Å²) in [6, 6.07) is 16.0. The van der Waals surface area contributed by atoms with Crippen LogP contribution in [0.2, 0.25) is 0 Å². The van der Waals surface area contributed by atoms with Gasteiger partial charge >= 0.3 is 18.0 Å². The summed E-state index contributed by atoms with van der Waals surface area (Å²) in [5.41, 5.74) is 2.20. The van der Waals surface area contributed by atoms with E-state index in [9.17, 15) is 19.5 Å². The molecular weight excluding hydrogens is 422 g/mol. The number of aliphatic carboxylic acids is 1. The Morgan fingerprint density at radius 2 is 1.48 bits per heavy atom. The highest BCUT2D eigenvalue weighted by Gasteiger charge is 2.36. The second kappa shape index (κ2) is 9.65. The molecule has 1 aliphatic carbocycles. The Bertz CT molecular complexity index is 996. The van der Waals surface area contributed by atoms with Crippen LogP contribution in [0.25, 0.3) is 11.1 Å². The maximum absolute atomic E-state index is 12.5. The number of benzene rings is 2. The summed E-state index contributed by atoms with van der Waals surface area (Å²) in [6.45, 7) is 6.81. The van der Waals surface area contributed by atoms with E-state index in [0.717, 1.165) is 22.3 Å². The van der Waals surface area contributed by atoms with Crippen LogP contribution in [0.3, 0.4) is 0 Å². The average molecular weight is 454 g/mol. The average Bonchev–Trinajstić information content (AvgIpc) is 3.04. The number of carboxylic acids is 1. The molecule has 0 aromatic heterocycles. The number of nitrogens with one attached hydrogen (secondary N) is 1.